The molecule has 0 aliphatic carbocycles. The van der Waals surface area contributed by atoms with Crippen LogP contribution in [0.1, 0.15) is 44.0 Å². The van der Waals surface area contributed by atoms with Gasteiger partial charge in [-0.15, -0.1) is 0 Å². The van der Waals surface area contributed by atoms with Gasteiger partial charge in [-0.2, -0.15) is 0 Å². The number of hydrogen-bond acceptors (Lipinski definition) is 2. The van der Waals surface area contributed by atoms with Crippen LogP contribution >= 0.6 is 23.2 Å². The number of carbonyl (C=O) groups excluding carboxylic acids is 1. The smallest absolute Gasteiger partial charge is 0.192 e. The van der Waals surface area contributed by atoms with E-state index >= 15 is 0 Å². The van der Waals surface area contributed by atoms with E-state index in [-0.39, 0.29) is 5.78 Å². The Labute approximate surface area is 125 Å². The van der Waals surface area contributed by atoms with Crippen molar-refractivity contribution in [2.75, 3.05) is 6.61 Å². The first-order valence-corrected chi connectivity index (χ1v) is 7.28. The van der Waals surface area contributed by atoms with Crippen molar-refractivity contribution >= 4 is 29.0 Å². The summed E-state index contributed by atoms with van der Waals surface area (Å²) in [5, 5.41) is 0.891. The quantitative estimate of drug-likeness (QED) is 0.522. The number of ketones is 1. The molecule has 106 valence electrons. The minimum absolute atomic E-state index is 0.105. The monoisotopic (exact) mass is 302 g/mol. The lowest BCUT2D eigenvalue weighted by Gasteiger charge is -2.13. The molecule has 1 unspecified atom stereocenters. The second-order valence-corrected chi connectivity index (χ2v) is 5.88. The summed E-state index contributed by atoms with van der Waals surface area (Å²) in [7, 11) is 0. The molecule has 1 aromatic carbocycles. The zero-order chi connectivity index (χ0) is 14.4. The van der Waals surface area contributed by atoms with Crippen LogP contribution in [0.3, 0.4) is 0 Å². The highest BCUT2D eigenvalue weighted by Crippen LogP contribution is 2.22. The van der Waals surface area contributed by atoms with Crippen molar-refractivity contribution in [1.82, 2.24) is 0 Å². The Morgan fingerprint density at radius 1 is 1.26 bits per heavy atom. The van der Waals surface area contributed by atoms with Gasteiger partial charge in [0, 0.05) is 17.2 Å². The molecule has 0 saturated carbocycles. The molecule has 0 N–H and O–H groups in total. The van der Waals surface area contributed by atoms with Gasteiger partial charge in [0.1, 0.15) is 6.10 Å². The molecule has 2 nitrogen and oxygen atoms in total. The first kappa shape index (κ1) is 16.5. The van der Waals surface area contributed by atoms with E-state index in [2.05, 4.69) is 13.8 Å². The molecule has 0 heterocycles. The first-order chi connectivity index (χ1) is 8.91. The molecular weight excluding hydrogens is 283 g/mol. The molecule has 0 aliphatic heterocycles. The Kier molecular flexibility index (Phi) is 6.84. The van der Waals surface area contributed by atoms with Crippen molar-refractivity contribution < 1.29 is 9.53 Å². The van der Waals surface area contributed by atoms with Crippen LogP contribution in [-0.2, 0) is 4.74 Å². The summed E-state index contributed by atoms with van der Waals surface area (Å²) in [6.45, 7) is 6.68. The summed E-state index contributed by atoms with van der Waals surface area (Å²) in [4.78, 5) is 12.2. The lowest BCUT2D eigenvalue weighted by Crippen LogP contribution is -2.22. The molecular formula is C15H20Cl2O2. The second kappa shape index (κ2) is 7.88. The Hall–Kier alpha value is -0.570. The Morgan fingerprint density at radius 2 is 1.95 bits per heavy atom. The molecule has 0 fully saturated rings. The number of hydrogen-bond donors (Lipinski definition) is 0. The molecule has 1 rings (SSSR count). The Balaban J connectivity index is 2.52. The van der Waals surface area contributed by atoms with Crippen LogP contribution in [0.4, 0.5) is 0 Å². The van der Waals surface area contributed by atoms with Crippen molar-refractivity contribution in [3.8, 4) is 0 Å². The predicted molar refractivity (Wildman–Crippen MR) is 80.3 cm³/mol. The maximum absolute atomic E-state index is 12.2. The minimum Gasteiger partial charge on any atom is -0.370 e. The van der Waals surface area contributed by atoms with Gasteiger partial charge < -0.3 is 4.74 Å². The lowest BCUT2D eigenvalue weighted by atomic mass is 10.1. The zero-order valence-corrected chi connectivity index (χ0v) is 13.1. The number of carbonyl (C=O) groups is 1. The molecule has 0 aromatic heterocycles. The summed E-state index contributed by atoms with van der Waals surface area (Å²) in [5.74, 6) is 0.548. The SMILES string of the molecule is CC(C)CCCOC(C)C(=O)c1ccc(Cl)cc1Cl. The standard InChI is InChI=1S/C15H20Cl2O2/c1-10(2)5-4-8-19-11(3)15(18)13-7-6-12(16)9-14(13)17/h6-7,9-11H,4-5,8H2,1-3H3. The van der Waals surface area contributed by atoms with Gasteiger partial charge in [0.25, 0.3) is 0 Å². The first-order valence-electron chi connectivity index (χ1n) is 6.52. The van der Waals surface area contributed by atoms with Gasteiger partial charge in [-0.1, -0.05) is 37.0 Å². The topological polar surface area (TPSA) is 26.3 Å². The average Bonchev–Trinajstić information content (AvgIpc) is 2.33. The molecule has 19 heavy (non-hydrogen) atoms. The number of Topliss-reactive ketones (excluding diaryl/α,β-unsaturated/α-hetero) is 1. The van der Waals surface area contributed by atoms with Crippen LogP contribution in [0.2, 0.25) is 10.0 Å². The van der Waals surface area contributed by atoms with Gasteiger partial charge in [-0.05, 0) is 43.9 Å². The van der Waals surface area contributed by atoms with Crippen LogP contribution in [0.25, 0.3) is 0 Å². The van der Waals surface area contributed by atoms with E-state index in [1.807, 2.05) is 0 Å². The van der Waals surface area contributed by atoms with Gasteiger partial charge >= 0.3 is 0 Å². The van der Waals surface area contributed by atoms with Crippen LogP contribution in [0.5, 0.6) is 0 Å². The fourth-order valence-electron chi connectivity index (χ4n) is 1.74. The van der Waals surface area contributed by atoms with Crippen LogP contribution in [0.15, 0.2) is 18.2 Å². The molecule has 0 bridgehead atoms. The number of benzene rings is 1. The van der Waals surface area contributed by atoms with Crippen molar-refractivity contribution in [3.05, 3.63) is 33.8 Å². The van der Waals surface area contributed by atoms with Gasteiger partial charge in [-0.25, -0.2) is 0 Å². The third kappa shape index (κ3) is 5.52. The fraction of sp³-hybridized carbons (Fsp3) is 0.533. The molecule has 1 atom stereocenters. The van der Waals surface area contributed by atoms with Gasteiger partial charge in [0.2, 0.25) is 0 Å². The normalized spacial score (nSPS) is 12.7. The lowest BCUT2D eigenvalue weighted by molar-refractivity contribution is 0.0458. The molecule has 4 heteroatoms. The van der Waals surface area contributed by atoms with E-state index in [0.717, 1.165) is 12.8 Å². The van der Waals surface area contributed by atoms with E-state index < -0.39 is 6.10 Å². The molecule has 0 saturated heterocycles. The highest BCUT2D eigenvalue weighted by molar-refractivity contribution is 6.37. The largest absolute Gasteiger partial charge is 0.370 e. The van der Waals surface area contributed by atoms with E-state index in [0.29, 0.717) is 28.1 Å². The molecule has 0 radical (unpaired) electrons. The fourth-order valence-corrected chi connectivity index (χ4v) is 2.24. The molecule has 0 amide bonds. The predicted octanol–water partition coefficient (Wildman–Crippen LogP) is 5.02. The highest BCUT2D eigenvalue weighted by atomic mass is 35.5. The average molecular weight is 303 g/mol. The van der Waals surface area contributed by atoms with Crippen LogP contribution in [-0.4, -0.2) is 18.5 Å². The summed E-state index contributed by atoms with van der Waals surface area (Å²) in [6, 6.07) is 4.87. The molecule has 0 spiro atoms. The maximum Gasteiger partial charge on any atom is 0.192 e. The zero-order valence-electron chi connectivity index (χ0n) is 11.6. The van der Waals surface area contributed by atoms with Crippen molar-refractivity contribution in [1.29, 1.82) is 0 Å². The van der Waals surface area contributed by atoms with E-state index in [1.54, 1.807) is 25.1 Å². The number of rotatable bonds is 7. The van der Waals surface area contributed by atoms with Crippen molar-refractivity contribution in [2.45, 2.75) is 39.7 Å². The number of ether oxygens (including phenoxy) is 1. The summed E-state index contributed by atoms with van der Waals surface area (Å²) < 4.78 is 5.55. The second-order valence-electron chi connectivity index (χ2n) is 5.04. The Morgan fingerprint density at radius 3 is 2.53 bits per heavy atom. The third-order valence-corrected chi connectivity index (χ3v) is 3.41. The van der Waals surface area contributed by atoms with E-state index in [9.17, 15) is 4.79 Å². The summed E-state index contributed by atoms with van der Waals surface area (Å²) >= 11 is 11.8. The van der Waals surface area contributed by atoms with E-state index in [4.69, 9.17) is 27.9 Å². The van der Waals surface area contributed by atoms with Gasteiger partial charge in [0.05, 0.1) is 5.02 Å². The number of halogens is 2. The summed E-state index contributed by atoms with van der Waals surface area (Å²) in [5.41, 5.74) is 0.461. The third-order valence-electron chi connectivity index (χ3n) is 2.86. The maximum atomic E-state index is 12.2. The van der Waals surface area contributed by atoms with Crippen LogP contribution < -0.4 is 0 Å². The molecule has 0 aliphatic rings. The van der Waals surface area contributed by atoms with Crippen molar-refractivity contribution in [3.63, 3.8) is 0 Å². The summed E-state index contributed by atoms with van der Waals surface area (Å²) in [6.07, 6.45) is 1.58. The molecule has 1 aromatic rings. The van der Waals surface area contributed by atoms with Gasteiger partial charge in [0.15, 0.2) is 5.78 Å². The van der Waals surface area contributed by atoms with Gasteiger partial charge in [-0.3, -0.25) is 4.79 Å². The van der Waals surface area contributed by atoms with Crippen molar-refractivity contribution in [2.24, 2.45) is 5.92 Å². The Bertz CT molecular complexity index is 430. The van der Waals surface area contributed by atoms with E-state index in [1.165, 1.54) is 0 Å². The van der Waals surface area contributed by atoms with Crippen LogP contribution in [0, 0.1) is 5.92 Å². The minimum atomic E-state index is -0.481. The highest BCUT2D eigenvalue weighted by Gasteiger charge is 2.18.